The minimum absolute atomic E-state index is 0.0793. The smallest absolute Gasteiger partial charge is 0.251 e. The van der Waals surface area contributed by atoms with E-state index in [1.54, 1.807) is 0 Å². The van der Waals surface area contributed by atoms with E-state index in [0.717, 1.165) is 23.9 Å². The van der Waals surface area contributed by atoms with Gasteiger partial charge in [-0.05, 0) is 18.9 Å². The van der Waals surface area contributed by atoms with Crippen molar-refractivity contribution in [3.63, 3.8) is 0 Å². The van der Waals surface area contributed by atoms with E-state index in [1.807, 2.05) is 32.1 Å². The monoisotopic (exact) mass is 215 g/mol. The molecule has 16 heavy (non-hydrogen) atoms. The molecule has 2 nitrogen and oxygen atoms in total. The summed E-state index contributed by atoms with van der Waals surface area (Å²) >= 11 is 0. The Morgan fingerprint density at radius 3 is 2.69 bits per heavy atom. The highest BCUT2D eigenvalue weighted by Gasteiger charge is 2.16. The van der Waals surface area contributed by atoms with Gasteiger partial charge in [-0.15, -0.1) is 0 Å². The molecule has 1 amide bonds. The molecule has 84 valence electrons. The van der Waals surface area contributed by atoms with E-state index in [0.29, 0.717) is 6.04 Å². The van der Waals surface area contributed by atoms with Gasteiger partial charge in [-0.1, -0.05) is 42.9 Å². The van der Waals surface area contributed by atoms with Crippen LogP contribution in [0.2, 0.25) is 0 Å². The minimum atomic E-state index is 0.0793. The van der Waals surface area contributed by atoms with E-state index in [1.165, 1.54) is 19.3 Å². The van der Waals surface area contributed by atoms with Gasteiger partial charge in [0.2, 0.25) is 0 Å². The molecule has 0 radical (unpaired) electrons. The van der Waals surface area contributed by atoms with Gasteiger partial charge < -0.3 is 5.32 Å². The Labute approximate surface area is 97.8 Å². The van der Waals surface area contributed by atoms with Crippen molar-refractivity contribution in [2.45, 2.75) is 38.1 Å². The van der Waals surface area contributed by atoms with Crippen LogP contribution in [0.25, 0.3) is 0 Å². The molecular formula is C13H18BNO. The predicted molar refractivity (Wildman–Crippen MR) is 69.0 cm³/mol. The summed E-state index contributed by atoms with van der Waals surface area (Å²) < 4.78 is 0. The van der Waals surface area contributed by atoms with Crippen molar-refractivity contribution in [1.29, 1.82) is 0 Å². The van der Waals surface area contributed by atoms with E-state index in [2.05, 4.69) is 5.32 Å². The molecule has 3 heteroatoms. The van der Waals surface area contributed by atoms with Crippen LogP contribution in [0.4, 0.5) is 0 Å². The highest BCUT2D eigenvalue weighted by Crippen LogP contribution is 2.17. The topological polar surface area (TPSA) is 29.1 Å². The lowest BCUT2D eigenvalue weighted by Crippen LogP contribution is -2.36. The number of rotatable bonds is 2. The molecular weight excluding hydrogens is 197 g/mol. The maximum atomic E-state index is 12.0. The highest BCUT2D eigenvalue weighted by atomic mass is 16.1. The first-order valence-corrected chi connectivity index (χ1v) is 6.13. The molecule has 0 saturated heterocycles. The first kappa shape index (κ1) is 11.2. The summed E-state index contributed by atoms with van der Waals surface area (Å²) in [6.07, 6.45) is 6.09. The first-order valence-electron chi connectivity index (χ1n) is 6.13. The molecule has 1 fully saturated rings. The zero-order valence-corrected chi connectivity index (χ0v) is 9.83. The number of nitrogens with one attached hydrogen (secondary N) is 1. The third kappa shape index (κ3) is 2.88. The molecule has 0 aliphatic heterocycles. The summed E-state index contributed by atoms with van der Waals surface area (Å²) in [5.41, 5.74) is 1.92. The van der Waals surface area contributed by atoms with E-state index in [9.17, 15) is 4.79 Å². The van der Waals surface area contributed by atoms with Gasteiger partial charge in [-0.3, -0.25) is 4.79 Å². The zero-order valence-electron chi connectivity index (χ0n) is 9.83. The number of benzene rings is 1. The third-order valence-electron chi connectivity index (χ3n) is 3.22. The van der Waals surface area contributed by atoms with Crippen LogP contribution in [0.15, 0.2) is 24.3 Å². The van der Waals surface area contributed by atoms with Crippen molar-refractivity contribution in [2.24, 2.45) is 0 Å². The van der Waals surface area contributed by atoms with Crippen molar-refractivity contribution in [3.05, 3.63) is 29.8 Å². The fourth-order valence-corrected chi connectivity index (χ4v) is 2.30. The lowest BCUT2D eigenvalue weighted by Gasteiger charge is -2.22. The predicted octanol–water partition coefficient (Wildman–Crippen LogP) is 1.01. The molecule has 0 bridgehead atoms. The molecule has 0 heterocycles. The van der Waals surface area contributed by atoms with Crippen LogP contribution < -0.4 is 10.8 Å². The third-order valence-corrected chi connectivity index (χ3v) is 3.22. The van der Waals surface area contributed by atoms with Crippen molar-refractivity contribution < 1.29 is 4.79 Å². The van der Waals surface area contributed by atoms with Crippen LogP contribution in [0.3, 0.4) is 0 Å². The van der Waals surface area contributed by atoms with Crippen molar-refractivity contribution in [1.82, 2.24) is 5.32 Å². The molecule has 0 aromatic heterocycles. The fraction of sp³-hybridized carbons (Fsp3) is 0.462. The highest BCUT2D eigenvalue weighted by molar-refractivity contribution is 6.32. The Hall–Kier alpha value is -1.25. The largest absolute Gasteiger partial charge is 0.349 e. The van der Waals surface area contributed by atoms with E-state index >= 15 is 0 Å². The van der Waals surface area contributed by atoms with Crippen LogP contribution in [-0.4, -0.2) is 19.8 Å². The SMILES string of the molecule is Bc1cccc(C(=O)NC2CCCCC2)c1. The lowest BCUT2D eigenvalue weighted by atomic mass is 9.93. The average molecular weight is 215 g/mol. The molecule has 1 aliphatic rings. The number of hydrogen-bond donors (Lipinski definition) is 1. The Bertz CT molecular complexity index is 372. The fourth-order valence-electron chi connectivity index (χ4n) is 2.30. The molecule has 1 aromatic rings. The minimum Gasteiger partial charge on any atom is -0.349 e. The molecule has 1 aromatic carbocycles. The molecule has 0 unspecified atom stereocenters. The van der Waals surface area contributed by atoms with Crippen LogP contribution in [0.5, 0.6) is 0 Å². The molecule has 1 N–H and O–H groups in total. The second-order valence-corrected chi connectivity index (χ2v) is 4.68. The Kier molecular flexibility index (Phi) is 3.65. The molecule has 1 saturated carbocycles. The van der Waals surface area contributed by atoms with Crippen LogP contribution in [0.1, 0.15) is 42.5 Å². The molecule has 0 atom stereocenters. The maximum absolute atomic E-state index is 12.0. The Morgan fingerprint density at radius 2 is 2.00 bits per heavy atom. The van der Waals surface area contributed by atoms with Crippen molar-refractivity contribution >= 4 is 19.2 Å². The lowest BCUT2D eigenvalue weighted by molar-refractivity contribution is 0.0928. The summed E-state index contributed by atoms with van der Waals surface area (Å²) in [4.78, 5) is 12.0. The van der Waals surface area contributed by atoms with Crippen molar-refractivity contribution in [2.75, 3.05) is 0 Å². The first-order chi connectivity index (χ1) is 7.75. The summed E-state index contributed by atoms with van der Waals surface area (Å²) in [5.74, 6) is 0.0793. The van der Waals surface area contributed by atoms with E-state index < -0.39 is 0 Å². The van der Waals surface area contributed by atoms with Crippen LogP contribution in [0, 0.1) is 0 Å². The van der Waals surface area contributed by atoms with E-state index in [-0.39, 0.29) is 5.91 Å². The van der Waals surface area contributed by atoms with Gasteiger partial charge in [0, 0.05) is 11.6 Å². The van der Waals surface area contributed by atoms with Gasteiger partial charge in [0.25, 0.3) is 5.91 Å². The molecule has 1 aliphatic carbocycles. The van der Waals surface area contributed by atoms with Gasteiger partial charge in [-0.25, -0.2) is 0 Å². The standard InChI is InChI=1S/C13H18BNO/c14-11-6-4-5-10(9-11)13(16)15-12-7-2-1-3-8-12/h4-6,9,12H,1-3,7-8,14H2,(H,15,16). The van der Waals surface area contributed by atoms with Gasteiger partial charge in [0.15, 0.2) is 0 Å². The number of amides is 1. The van der Waals surface area contributed by atoms with Crippen LogP contribution in [-0.2, 0) is 0 Å². The van der Waals surface area contributed by atoms with Gasteiger partial charge in [-0.2, -0.15) is 0 Å². The second kappa shape index (κ2) is 5.19. The van der Waals surface area contributed by atoms with Crippen molar-refractivity contribution in [3.8, 4) is 0 Å². The number of carbonyl (C=O) groups excluding carboxylic acids is 1. The normalized spacial score (nSPS) is 17.0. The zero-order chi connectivity index (χ0) is 11.4. The van der Waals surface area contributed by atoms with Gasteiger partial charge in [0.05, 0.1) is 0 Å². The maximum Gasteiger partial charge on any atom is 0.251 e. The Balaban J connectivity index is 1.97. The van der Waals surface area contributed by atoms with E-state index in [4.69, 9.17) is 0 Å². The second-order valence-electron chi connectivity index (χ2n) is 4.68. The van der Waals surface area contributed by atoms with Crippen LogP contribution >= 0.6 is 0 Å². The van der Waals surface area contributed by atoms with Gasteiger partial charge >= 0.3 is 0 Å². The van der Waals surface area contributed by atoms with Gasteiger partial charge in [0.1, 0.15) is 7.85 Å². The average Bonchev–Trinajstić information content (AvgIpc) is 2.30. The molecule has 2 rings (SSSR count). The Morgan fingerprint density at radius 1 is 1.25 bits per heavy atom. The quantitative estimate of drug-likeness (QED) is 0.733. The summed E-state index contributed by atoms with van der Waals surface area (Å²) in [6, 6.07) is 8.16. The summed E-state index contributed by atoms with van der Waals surface area (Å²) in [5, 5.41) is 3.12. The number of hydrogen-bond acceptors (Lipinski definition) is 1. The molecule has 0 spiro atoms. The summed E-state index contributed by atoms with van der Waals surface area (Å²) in [7, 11) is 2.01. The summed E-state index contributed by atoms with van der Waals surface area (Å²) in [6.45, 7) is 0. The number of carbonyl (C=O) groups is 1.